The van der Waals surface area contributed by atoms with E-state index in [9.17, 15) is 18.4 Å². The van der Waals surface area contributed by atoms with Crippen LogP contribution in [0.1, 0.15) is 27.2 Å². The quantitative estimate of drug-likeness (QED) is 0.852. The summed E-state index contributed by atoms with van der Waals surface area (Å²) in [6.07, 6.45) is -2.03. The fourth-order valence-corrected chi connectivity index (χ4v) is 1.80. The molecule has 1 heterocycles. The van der Waals surface area contributed by atoms with Gasteiger partial charge in [-0.15, -0.1) is 0 Å². The summed E-state index contributed by atoms with van der Waals surface area (Å²) in [6.45, 7) is 1.66. The molecule has 2 atom stereocenters. The van der Waals surface area contributed by atoms with Crippen LogP contribution in [0, 0.1) is 0 Å². The minimum atomic E-state index is -3.00. The monoisotopic (exact) mass is 281 g/mol. The van der Waals surface area contributed by atoms with Gasteiger partial charge < -0.3 is 14.6 Å². The molecule has 1 fully saturated rings. The molecule has 6 nitrogen and oxygen atoms in total. The number of carboxylic acid groups (broad SMARTS) is 1. The first-order chi connectivity index (χ1) is 8.60. The van der Waals surface area contributed by atoms with E-state index in [0.717, 1.165) is 4.90 Å². The van der Waals surface area contributed by atoms with Gasteiger partial charge in [0.25, 0.3) is 0 Å². The number of hydrogen-bond acceptors (Lipinski definition) is 4. The first kappa shape index (κ1) is 15.6. The molecular weight excluding hydrogens is 264 g/mol. The van der Waals surface area contributed by atoms with Crippen LogP contribution in [0.25, 0.3) is 0 Å². The molecule has 1 N–H and O–H groups in total. The molecule has 0 unspecified atom stereocenters. The van der Waals surface area contributed by atoms with Crippen molar-refractivity contribution in [3.8, 4) is 0 Å². The van der Waals surface area contributed by atoms with Crippen LogP contribution in [0.3, 0.4) is 0 Å². The van der Waals surface area contributed by atoms with Gasteiger partial charge in [0.05, 0.1) is 12.6 Å². The van der Waals surface area contributed by atoms with E-state index < -0.39 is 36.4 Å². The number of likely N-dealkylation sites (tertiary alicyclic amines) is 1. The zero-order chi connectivity index (χ0) is 14.8. The van der Waals surface area contributed by atoms with E-state index in [2.05, 4.69) is 4.74 Å². The van der Waals surface area contributed by atoms with Crippen molar-refractivity contribution >= 4 is 12.1 Å². The first-order valence-electron chi connectivity index (χ1n) is 5.76. The van der Waals surface area contributed by atoms with Gasteiger partial charge >= 0.3 is 18.7 Å². The molecule has 8 heteroatoms. The average molecular weight is 281 g/mol. The van der Waals surface area contributed by atoms with Crippen molar-refractivity contribution in [1.82, 2.24) is 4.90 Å². The van der Waals surface area contributed by atoms with Gasteiger partial charge in [0, 0.05) is 6.42 Å². The topological polar surface area (TPSA) is 76.1 Å². The highest BCUT2D eigenvalue weighted by atomic mass is 19.3. The number of nitrogens with zero attached hydrogens (tertiary/aromatic N) is 1. The highest BCUT2D eigenvalue weighted by Gasteiger charge is 2.42. The van der Waals surface area contributed by atoms with Gasteiger partial charge in [-0.1, -0.05) is 0 Å². The van der Waals surface area contributed by atoms with Crippen molar-refractivity contribution in [1.29, 1.82) is 0 Å². The molecule has 0 spiro atoms. The van der Waals surface area contributed by atoms with Crippen molar-refractivity contribution in [3.05, 3.63) is 0 Å². The number of ether oxygens (including phenoxy) is 2. The zero-order valence-electron chi connectivity index (χ0n) is 10.9. The number of carboxylic acids is 1. The molecule has 1 aliphatic rings. The summed E-state index contributed by atoms with van der Waals surface area (Å²) in [4.78, 5) is 23.7. The second kappa shape index (κ2) is 5.68. The maximum Gasteiger partial charge on any atom is 0.411 e. The second-order valence-corrected chi connectivity index (χ2v) is 5.24. The molecule has 19 heavy (non-hydrogen) atoms. The number of rotatable bonds is 3. The maximum absolute atomic E-state index is 12.1. The smallest absolute Gasteiger partial charge is 0.411 e. The molecule has 0 radical (unpaired) electrons. The summed E-state index contributed by atoms with van der Waals surface area (Å²) < 4.78 is 33.5. The third kappa shape index (κ3) is 4.62. The van der Waals surface area contributed by atoms with Crippen LogP contribution in [-0.4, -0.2) is 53.0 Å². The maximum atomic E-state index is 12.1. The summed E-state index contributed by atoms with van der Waals surface area (Å²) in [5.41, 5.74) is -0.790. The Labute approximate surface area is 109 Å². The van der Waals surface area contributed by atoms with Gasteiger partial charge in [-0.25, -0.2) is 9.59 Å². The molecular formula is C11H17F2NO5. The number of aliphatic carboxylic acids is 1. The molecule has 0 aromatic carbocycles. The normalized spacial score (nSPS) is 23.8. The lowest BCUT2D eigenvalue weighted by Gasteiger charge is -2.26. The van der Waals surface area contributed by atoms with Crippen LogP contribution in [0.4, 0.5) is 13.6 Å². The highest BCUT2D eigenvalue weighted by molar-refractivity contribution is 5.81. The molecule has 1 aliphatic heterocycles. The summed E-state index contributed by atoms with van der Waals surface area (Å²) in [5.74, 6) is -1.27. The largest absolute Gasteiger partial charge is 0.480 e. The molecule has 0 aromatic heterocycles. The number of carbonyl (C=O) groups excluding carboxylic acids is 1. The molecule has 1 rings (SSSR count). The van der Waals surface area contributed by atoms with Gasteiger partial charge in [-0.05, 0) is 20.8 Å². The highest BCUT2D eigenvalue weighted by Crippen LogP contribution is 2.24. The van der Waals surface area contributed by atoms with Crippen LogP contribution in [-0.2, 0) is 14.3 Å². The molecule has 1 amide bonds. The van der Waals surface area contributed by atoms with Crippen molar-refractivity contribution in [2.45, 2.75) is 51.6 Å². The SMILES string of the molecule is CC(C)(C)OC(=O)N1C[C@H](OC(F)F)C[C@H]1C(=O)O. The Morgan fingerprint density at radius 1 is 1.37 bits per heavy atom. The van der Waals surface area contributed by atoms with Crippen molar-refractivity contribution in [2.24, 2.45) is 0 Å². The van der Waals surface area contributed by atoms with Crippen LogP contribution >= 0.6 is 0 Å². The summed E-state index contributed by atoms with van der Waals surface area (Å²) in [5, 5.41) is 8.99. The van der Waals surface area contributed by atoms with Crippen molar-refractivity contribution in [2.75, 3.05) is 6.54 Å². The standard InChI is InChI=1S/C11H17F2NO5/c1-11(2,3)19-10(17)14-5-6(18-9(12)13)4-7(14)8(15)16/h6-7,9H,4-5H2,1-3H3,(H,15,16)/t6-,7+/m1/s1. The fourth-order valence-electron chi connectivity index (χ4n) is 1.80. The van der Waals surface area contributed by atoms with Crippen molar-refractivity contribution < 1.29 is 33.0 Å². The molecule has 1 saturated heterocycles. The fraction of sp³-hybridized carbons (Fsp3) is 0.818. The lowest BCUT2D eigenvalue weighted by molar-refractivity contribution is -0.159. The number of alkyl halides is 2. The molecule has 0 bridgehead atoms. The Hall–Kier alpha value is -1.44. The number of halogens is 2. The van der Waals surface area contributed by atoms with E-state index in [1.807, 2.05) is 0 Å². The van der Waals surface area contributed by atoms with Gasteiger partial charge in [-0.2, -0.15) is 8.78 Å². The summed E-state index contributed by atoms with van der Waals surface area (Å²) in [7, 11) is 0. The molecule has 110 valence electrons. The first-order valence-corrected chi connectivity index (χ1v) is 5.76. The van der Waals surface area contributed by atoms with Crippen LogP contribution in [0.15, 0.2) is 0 Å². The minimum Gasteiger partial charge on any atom is -0.480 e. The lowest BCUT2D eigenvalue weighted by atomic mass is 10.2. The van der Waals surface area contributed by atoms with Gasteiger partial charge in [0.15, 0.2) is 0 Å². The van der Waals surface area contributed by atoms with Crippen LogP contribution in [0.5, 0.6) is 0 Å². The predicted octanol–water partition coefficient (Wildman–Crippen LogP) is 1.69. The number of carbonyl (C=O) groups is 2. The summed E-state index contributed by atoms with van der Waals surface area (Å²) >= 11 is 0. The Balaban J connectivity index is 2.74. The van der Waals surface area contributed by atoms with Gasteiger partial charge in [-0.3, -0.25) is 4.90 Å². The Kier molecular flexibility index (Phi) is 4.67. The zero-order valence-corrected chi connectivity index (χ0v) is 10.9. The van der Waals surface area contributed by atoms with E-state index >= 15 is 0 Å². The third-order valence-corrected chi connectivity index (χ3v) is 2.47. The van der Waals surface area contributed by atoms with Gasteiger partial charge in [0.1, 0.15) is 11.6 Å². The third-order valence-electron chi connectivity index (χ3n) is 2.47. The van der Waals surface area contributed by atoms with Gasteiger partial charge in [0.2, 0.25) is 0 Å². The van der Waals surface area contributed by atoms with E-state index in [1.165, 1.54) is 0 Å². The second-order valence-electron chi connectivity index (χ2n) is 5.24. The number of amides is 1. The van der Waals surface area contributed by atoms with E-state index in [1.54, 1.807) is 20.8 Å². The Morgan fingerprint density at radius 3 is 2.37 bits per heavy atom. The van der Waals surface area contributed by atoms with Crippen molar-refractivity contribution in [3.63, 3.8) is 0 Å². The summed E-state index contributed by atoms with van der Waals surface area (Å²) in [6, 6.07) is -1.21. The Bertz CT molecular complexity index is 355. The number of hydrogen-bond donors (Lipinski definition) is 1. The molecule has 0 aliphatic carbocycles. The Morgan fingerprint density at radius 2 is 1.95 bits per heavy atom. The molecule has 0 aromatic rings. The van der Waals surface area contributed by atoms with E-state index in [0.29, 0.717) is 0 Å². The van der Waals surface area contributed by atoms with E-state index in [4.69, 9.17) is 9.84 Å². The van der Waals surface area contributed by atoms with E-state index in [-0.39, 0.29) is 13.0 Å². The lowest BCUT2D eigenvalue weighted by Crippen LogP contribution is -2.43. The van der Waals surface area contributed by atoms with Crippen LogP contribution in [0.2, 0.25) is 0 Å². The average Bonchev–Trinajstić information content (AvgIpc) is 2.57. The predicted molar refractivity (Wildman–Crippen MR) is 59.9 cm³/mol. The minimum absolute atomic E-state index is 0.182. The molecule has 0 saturated carbocycles. The van der Waals surface area contributed by atoms with Crippen LogP contribution < -0.4 is 0 Å².